The number of fused-ring (bicyclic) bond motifs is 3. The molecule has 7 nitrogen and oxygen atoms in total. The number of hydrogen-bond acceptors (Lipinski definition) is 7. The summed E-state index contributed by atoms with van der Waals surface area (Å²) in [5, 5.41) is 34.6. The summed E-state index contributed by atoms with van der Waals surface area (Å²) in [6, 6.07) is 15.7. The molecule has 2 fully saturated rings. The van der Waals surface area contributed by atoms with Gasteiger partial charge in [-0.05, 0) is 71.9 Å². The van der Waals surface area contributed by atoms with Gasteiger partial charge in [0.25, 0.3) is 0 Å². The zero-order valence-corrected chi connectivity index (χ0v) is 23.2. The van der Waals surface area contributed by atoms with E-state index in [4.69, 9.17) is 9.47 Å². The Morgan fingerprint density at radius 1 is 1.07 bits per heavy atom. The third-order valence-corrected chi connectivity index (χ3v) is 10.2. The zero-order valence-electron chi connectivity index (χ0n) is 23.2. The minimum atomic E-state index is -2.19. The summed E-state index contributed by atoms with van der Waals surface area (Å²) >= 11 is 0. The largest absolute Gasteiger partial charge is 0.456 e. The van der Waals surface area contributed by atoms with Crippen LogP contribution in [0.25, 0.3) is 0 Å². The van der Waals surface area contributed by atoms with Crippen LogP contribution in [0.1, 0.15) is 44.5 Å². The smallest absolute Gasteiger partial charge is 0.342 e. The van der Waals surface area contributed by atoms with E-state index in [2.05, 4.69) is 13.8 Å². The van der Waals surface area contributed by atoms with Crippen molar-refractivity contribution in [1.29, 1.82) is 0 Å². The topological polar surface area (TPSA) is 113 Å². The van der Waals surface area contributed by atoms with E-state index in [1.807, 2.05) is 25.1 Å². The molecule has 4 aliphatic carbocycles. The maximum absolute atomic E-state index is 14.5. The molecule has 210 valence electrons. The summed E-state index contributed by atoms with van der Waals surface area (Å²) in [5.41, 5.74) is -2.93. The number of Topliss-reactive ketones (excluding diaryl/α,β-unsaturated/α-hetero) is 1. The molecule has 3 N–H and O–H groups in total. The third-order valence-electron chi connectivity index (χ3n) is 10.2. The van der Waals surface area contributed by atoms with Gasteiger partial charge >= 0.3 is 5.97 Å². The minimum Gasteiger partial charge on any atom is -0.456 e. The molecule has 2 saturated carbocycles. The summed E-state index contributed by atoms with van der Waals surface area (Å²) in [5.74, 6) is -0.701. The lowest BCUT2D eigenvalue weighted by molar-refractivity contribution is -0.190. The Balaban J connectivity index is 1.40. The van der Waals surface area contributed by atoms with Crippen molar-refractivity contribution in [1.82, 2.24) is 0 Å². The maximum Gasteiger partial charge on any atom is 0.342 e. The van der Waals surface area contributed by atoms with E-state index in [1.54, 1.807) is 55.5 Å². The van der Waals surface area contributed by atoms with Crippen molar-refractivity contribution in [3.8, 4) is 11.5 Å². The van der Waals surface area contributed by atoms with Gasteiger partial charge in [0, 0.05) is 5.92 Å². The summed E-state index contributed by atoms with van der Waals surface area (Å²) < 4.78 is 12.0. The van der Waals surface area contributed by atoms with Gasteiger partial charge in [-0.2, -0.15) is 0 Å². The number of esters is 1. The molecule has 6 rings (SSSR count). The van der Waals surface area contributed by atoms with Crippen molar-refractivity contribution in [2.75, 3.05) is 6.61 Å². The number of hydrogen-bond donors (Lipinski definition) is 3. The lowest BCUT2D eigenvalue weighted by Gasteiger charge is -2.48. The van der Waals surface area contributed by atoms with Gasteiger partial charge in [0.2, 0.25) is 0 Å². The minimum absolute atomic E-state index is 0.0512. The number of carbonyl (C=O) groups is 2. The Morgan fingerprint density at radius 3 is 2.45 bits per heavy atom. The van der Waals surface area contributed by atoms with E-state index in [9.17, 15) is 24.9 Å². The number of para-hydroxylation sites is 2. The second-order valence-electron chi connectivity index (χ2n) is 12.6. The van der Waals surface area contributed by atoms with Gasteiger partial charge in [-0.15, -0.1) is 0 Å². The molecule has 7 heteroatoms. The molecule has 4 aliphatic rings. The van der Waals surface area contributed by atoms with E-state index in [0.29, 0.717) is 17.7 Å². The summed E-state index contributed by atoms with van der Waals surface area (Å²) in [4.78, 5) is 28.2. The van der Waals surface area contributed by atoms with Crippen molar-refractivity contribution in [2.24, 2.45) is 34.5 Å². The number of aliphatic hydroxyl groups excluding tert-OH is 2. The normalized spacial score (nSPS) is 37.2. The van der Waals surface area contributed by atoms with Crippen LogP contribution in [0.3, 0.4) is 0 Å². The van der Waals surface area contributed by atoms with Crippen molar-refractivity contribution >= 4 is 11.8 Å². The highest BCUT2D eigenvalue weighted by atomic mass is 16.6. The van der Waals surface area contributed by atoms with Crippen LogP contribution in [0.4, 0.5) is 0 Å². The number of aliphatic hydroxyl groups is 3. The Morgan fingerprint density at radius 2 is 1.75 bits per heavy atom. The first-order valence-electron chi connectivity index (χ1n) is 14.0. The molecule has 0 amide bonds. The molecule has 0 unspecified atom stereocenters. The monoisotopic (exact) mass is 544 g/mol. The Bertz CT molecular complexity index is 1430. The molecule has 1 spiro atoms. The molecule has 0 radical (unpaired) electrons. The number of ether oxygens (including phenoxy) is 2. The van der Waals surface area contributed by atoms with Crippen molar-refractivity contribution in [3.05, 3.63) is 83.5 Å². The summed E-state index contributed by atoms with van der Waals surface area (Å²) in [7, 11) is 0. The first kappa shape index (κ1) is 26.9. The van der Waals surface area contributed by atoms with Gasteiger partial charge in [0.1, 0.15) is 23.2 Å². The molecule has 2 aromatic carbocycles. The van der Waals surface area contributed by atoms with Gasteiger partial charge in [0.15, 0.2) is 17.5 Å². The summed E-state index contributed by atoms with van der Waals surface area (Å²) in [6.45, 7) is 7.42. The van der Waals surface area contributed by atoms with Gasteiger partial charge < -0.3 is 24.8 Å². The average Bonchev–Trinajstić information content (AvgIpc) is 3.43. The predicted octanol–water partition coefficient (Wildman–Crippen LogP) is 4.47. The SMILES string of the molecule is CC1=C[C@]23C(=O)[C@@H](C=C(CO)[C@@H](O)[C@]2(O)[C@H]1OC(=O)c1ccccc1Oc1ccccc1)[C@H]1[C@@H](C[C@H]3C)C1(C)C. The molecule has 2 bridgehead atoms. The van der Waals surface area contributed by atoms with Gasteiger partial charge in [0.05, 0.1) is 12.0 Å². The predicted molar refractivity (Wildman–Crippen MR) is 148 cm³/mol. The first-order valence-corrected chi connectivity index (χ1v) is 14.0. The Labute approximate surface area is 234 Å². The molecular weight excluding hydrogens is 508 g/mol. The van der Waals surface area contributed by atoms with E-state index in [1.165, 1.54) is 0 Å². The Hall–Kier alpha value is -3.26. The Kier molecular flexibility index (Phi) is 6.15. The zero-order chi connectivity index (χ0) is 28.6. The van der Waals surface area contributed by atoms with Crippen LogP contribution >= 0.6 is 0 Å². The second-order valence-corrected chi connectivity index (χ2v) is 12.6. The highest BCUT2D eigenvalue weighted by molar-refractivity contribution is 5.96. The van der Waals surface area contributed by atoms with Crippen LogP contribution in [-0.4, -0.2) is 51.5 Å². The van der Waals surface area contributed by atoms with E-state index >= 15 is 0 Å². The van der Waals surface area contributed by atoms with Crippen molar-refractivity contribution in [2.45, 2.75) is 51.9 Å². The van der Waals surface area contributed by atoms with Crippen molar-refractivity contribution < 1.29 is 34.4 Å². The van der Waals surface area contributed by atoms with E-state index in [-0.39, 0.29) is 45.8 Å². The molecule has 0 aliphatic heterocycles. The standard InChI is InChI=1S/C33H36O7/c1-18-16-32-19(2)14-24-26(31(24,3)4)23(28(32)36)15-20(17-34)27(35)33(32,38)29(18)40-30(37)22-12-8-9-13-25(22)39-21-10-6-5-7-11-21/h5-13,15-16,19,23-24,26-27,29,34-35,38H,14,17H2,1-4H3/t19-,23+,24-,26+,27-,29+,32+,33+/m1/s1. The van der Waals surface area contributed by atoms with Crippen LogP contribution in [0, 0.1) is 34.5 Å². The molecular formula is C33H36O7. The lowest BCUT2D eigenvalue weighted by atomic mass is 9.59. The number of allylic oxidation sites excluding steroid dienone is 1. The lowest BCUT2D eigenvalue weighted by Crippen LogP contribution is -2.65. The maximum atomic E-state index is 14.5. The summed E-state index contributed by atoms with van der Waals surface area (Å²) in [6.07, 6.45) is 1.15. The third kappa shape index (κ3) is 3.54. The number of ketones is 1. The van der Waals surface area contributed by atoms with Crippen LogP contribution in [-0.2, 0) is 9.53 Å². The van der Waals surface area contributed by atoms with Crippen LogP contribution < -0.4 is 4.74 Å². The van der Waals surface area contributed by atoms with Gasteiger partial charge in [-0.3, -0.25) is 4.79 Å². The molecule has 0 heterocycles. The number of rotatable bonds is 5. The number of carbonyl (C=O) groups excluding carboxylic acids is 2. The second kappa shape index (κ2) is 9.13. The van der Waals surface area contributed by atoms with Gasteiger partial charge in [-0.25, -0.2) is 4.79 Å². The fourth-order valence-corrected chi connectivity index (χ4v) is 8.10. The highest BCUT2D eigenvalue weighted by Crippen LogP contribution is 2.71. The van der Waals surface area contributed by atoms with Crippen LogP contribution in [0.15, 0.2) is 77.9 Å². The molecule has 8 atom stereocenters. The molecule has 0 aromatic heterocycles. The molecule has 2 aromatic rings. The quantitative estimate of drug-likeness (QED) is 0.376. The first-order chi connectivity index (χ1) is 19.0. The van der Waals surface area contributed by atoms with E-state index in [0.717, 1.165) is 0 Å². The fraction of sp³-hybridized carbons (Fsp3) is 0.455. The van der Waals surface area contributed by atoms with Crippen LogP contribution in [0.5, 0.6) is 11.5 Å². The highest BCUT2D eigenvalue weighted by Gasteiger charge is 2.76. The molecule has 0 saturated heterocycles. The average molecular weight is 545 g/mol. The van der Waals surface area contributed by atoms with Gasteiger partial charge in [-0.1, -0.05) is 63.3 Å². The van der Waals surface area contributed by atoms with Crippen LogP contribution in [0.2, 0.25) is 0 Å². The fourth-order valence-electron chi connectivity index (χ4n) is 8.10. The number of benzene rings is 2. The molecule has 40 heavy (non-hydrogen) atoms. The van der Waals surface area contributed by atoms with Crippen molar-refractivity contribution in [3.63, 3.8) is 0 Å². The van der Waals surface area contributed by atoms with E-state index < -0.39 is 41.7 Å².